The van der Waals surface area contributed by atoms with Gasteiger partial charge in [-0.25, -0.2) is 0 Å². The van der Waals surface area contributed by atoms with E-state index in [0.29, 0.717) is 5.56 Å². The molecule has 0 unspecified atom stereocenters. The summed E-state index contributed by atoms with van der Waals surface area (Å²) in [5.74, 6) is 0. The van der Waals surface area contributed by atoms with Crippen LogP contribution in [0.5, 0.6) is 0 Å². The Balaban J connectivity index is 1.76. The molecule has 0 aliphatic rings. The number of hydrogen-bond donors (Lipinski definition) is 0. The average Bonchev–Trinajstić information content (AvgIpc) is 3.30. The lowest BCUT2D eigenvalue weighted by Gasteiger charge is -2.18. The summed E-state index contributed by atoms with van der Waals surface area (Å²) in [5, 5.41) is 5.52. The van der Waals surface area contributed by atoms with Crippen molar-refractivity contribution in [1.29, 1.82) is 0 Å². The van der Waals surface area contributed by atoms with Gasteiger partial charge in [-0.2, -0.15) is 0 Å². The lowest BCUT2D eigenvalue weighted by Crippen LogP contribution is -2.09. The van der Waals surface area contributed by atoms with E-state index in [1.165, 1.54) is 10.1 Å². The maximum absolute atomic E-state index is 8.62. The van der Waals surface area contributed by atoms with Gasteiger partial charge in [0.1, 0.15) is 11.2 Å². The second kappa shape index (κ2) is 5.93. The van der Waals surface area contributed by atoms with Gasteiger partial charge in [0.25, 0.3) is 0 Å². The molecule has 27 heavy (non-hydrogen) atoms. The van der Waals surface area contributed by atoms with E-state index in [2.05, 4.69) is 28.6 Å². The molecule has 134 valence electrons. The normalized spacial score (nSPS) is 14.0. The Labute approximate surface area is 165 Å². The fourth-order valence-electron chi connectivity index (χ4n) is 3.60. The largest absolute Gasteiger partial charge is 0.455 e. The van der Waals surface area contributed by atoms with Gasteiger partial charge in [-0.1, -0.05) is 32.9 Å². The van der Waals surface area contributed by atoms with Crippen LogP contribution in [-0.4, -0.2) is 4.98 Å². The predicted octanol–water partition coefficient (Wildman–Crippen LogP) is 7.45. The second-order valence-electron chi connectivity index (χ2n) is 7.87. The first kappa shape index (κ1) is 14.4. The number of thiophene rings is 1. The highest BCUT2D eigenvalue weighted by molar-refractivity contribution is 7.18. The SMILES string of the molecule is [2H]C([2H])(c1ccnc(-c2cccc3c2oc2ccc4ccsc4c23)c1)C(C)(C)C. The van der Waals surface area contributed by atoms with Crippen LogP contribution in [0.4, 0.5) is 0 Å². The molecule has 5 aromatic rings. The zero-order chi connectivity index (χ0) is 20.4. The van der Waals surface area contributed by atoms with Crippen molar-refractivity contribution < 1.29 is 7.16 Å². The van der Waals surface area contributed by atoms with Crippen LogP contribution in [0.1, 0.15) is 29.1 Å². The van der Waals surface area contributed by atoms with E-state index in [4.69, 9.17) is 7.16 Å². The first-order valence-electron chi connectivity index (χ1n) is 10.1. The Morgan fingerprint density at radius 1 is 1.11 bits per heavy atom. The molecule has 0 bridgehead atoms. The van der Waals surface area contributed by atoms with Crippen LogP contribution < -0.4 is 0 Å². The van der Waals surface area contributed by atoms with Gasteiger partial charge in [0.2, 0.25) is 0 Å². The third-order valence-electron chi connectivity index (χ3n) is 4.64. The number of aromatic nitrogens is 1. The summed E-state index contributed by atoms with van der Waals surface area (Å²) < 4.78 is 24.7. The molecule has 3 aromatic heterocycles. The minimum atomic E-state index is -1.48. The molecule has 0 saturated heterocycles. The number of para-hydroxylation sites is 1. The van der Waals surface area contributed by atoms with E-state index in [0.717, 1.165) is 33.2 Å². The van der Waals surface area contributed by atoms with Crippen molar-refractivity contribution in [2.75, 3.05) is 0 Å². The van der Waals surface area contributed by atoms with Crippen molar-refractivity contribution in [3.8, 4) is 11.3 Å². The van der Waals surface area contributed by atoms with Crippen LogP contribution in [0.3, 0.4) is 0 Å². The molecule has 0 aliphatic heterocycles. The average molecular weight is 374 g/mol. The quantitative estimate of drug-likeness (QED) is 0.321. The molecule has 5 rings (SSSR count). The van der Waals surface area contributed by atoms with E-state index in [9.17, 15) is 0 Å². The summed E-state index contributed by atoms with van der Waals surface area (Å²) in [6.07, 6.45) is 0.211. The van der Waals surface area contributed by atoms with Gasteiger partial charge in [0.05, 0.1) is 5.69 Å². The Morgan fingerprint density at radius 3 is 2.85 bits per heavy atom. The Hall–Kier alpha value is -2.65. The lowest BCUT2D eigenvalue weighted by atomic mass is 9.88. The molecular weight excluding hydrogens is 350 g/mol. The molecule has 0 spiro atoms. The minimum Gasteiger partial charge on any atom is -0.455 e. The van der Waals surface area contributed by atoms with Crippen LogP contribution >= 0.6 is 11.3 Å². The van der Waals surface area contributed by atoms with E-state index in [1.54, 1.807) is 23.6 Å². The highest BCUT2D eigenvalue weighted by Gasteiger charge is 2.17. The van der Waals surface area contributed by atoms with E-state index in [1.807, 2.05) is 45.0 Å². The van der Waals surface area contributed by atoms with Crippen LogP contribution in [0.25, 0.3) is 43.3 Å². The Morgan fingerprint density at radius 2 is 2.00 bits per heavy atom. The second-order valence-corrected chi connectivity index (χ2v) is 8.78. The van der Waals surface area contributed by atoms with Crippen LogP contribution in [0.15, 0.2) is 64.5 Å². The highest BCUT2D eigenvalue weighted by Crippen LogP contribution is 2.40. The summed E-state index contributed by atoms with van der Waals surface area (Å²) in [7, 11) is 0. The third kappa shape index (κ3) is 2.83. The van der Waals surface area contributed by atoms with Crippen molar-refractivity contribution in [1.82, 2.24) is 4.98 Å². The summed E-state index contributed by atoms with van der Waals surface area (Å²) in [5.41, 5.74) is 3.37. The molecule has 0 amide bonds. The monoisotopic (exact) mass is 373 g/mol. The van der Waals surface area contributed by atoms with Crippen molar-refractivity contribution in [2.24, 2.45) is 5.41 Å². The maximum atomic E-state index is 8.62. The number of rotatable bonds is 2. The first-order valence-corrected chi connectivity index (χ1v) is 9.94. The van der Waals surface area contributed by atoms with Crippen LogP contribution in [0, 0.1) is 5.41 Å². The van der Waals surface area contributed by atoms with Crippen molar-refractivity contribution in [2.45, 2.75) is 27.1 Å². The zero-order valence-corrected chi connectivity index (χ0v) is 16.4. The van der Waals surface area contributed by atoms with Gasteiger partial charge in [0, 0.05) is 30.0 Å². The smallest absolute Gasteiger partial charge is 0.144 e. The summed E-state index contributed by atoms with van der Waals surface area (Å²) >= 11 is 1.72. The fourth-order valence-corrected chi connectivity index (χ4v) is 4.55. The molecule has 3 heterocycles. The number of benzene rings is 2. The number of furan rings is 1. The molecule has 2 aromatic carbocycles. The van der Waals surface area contributed by atoms with Gasteiger partial charge >= 0.3 is 0 Å². The molecule has 0 radical (unpaired) electrons. The molecule has 0 aliphatic carbocycles. The number of pyridine rings is 1. The number of hydrogen-bond acceptors (Lipinski definition) is 3. The molecule has 0 atom stereocenters. The Bertz CT molecular complexity index is 1370. The van der Waals surface area contributed by atoms with Crippen molar-refractivity contribution >= 4 is 43.4 Å². The molecule has 0 N–H and O–H groups in total. The van der Waals surface area contributed by atoms with Gasteiger partial charge in [-0.15, -0.1) is 11.3 Å². The van der Waals surface area contributed by atoms with Crippen molar-refractivity contribution in [3.63, 3.8) is 0 Å². The maximum Gasteiger partial charge on any atom is 0.144 e. The molecule has 0 saturated carbocycles. The first-order chi connectivity index (χ1) is 13.8. The van der Waals surface area contributed by atoms with Crippen LogP contribution in [-0.2, 0) is 6.37 Å². The summed E-state index contributed by atoms with van der Waals surface area (Å²) in [6.45, 7) is 5.75. The minimum absolute atomic E-state index is 0.526. The van der Waals surface area contributed by atoms with Gasteiger partial charge in [-0.05, 0) is 64.5 Å². The van der Waals surface area contributed by atoms with Crippen molar-refractivity contribution in [3.05, 3.63) is 65.7 Å². The van der Waals surface area contributed by atoms with E-state index in [-0.39, 0.29) is 0 Å². The summed E-state index contributed by atoms with van der Waals surface area (Å²) in [4.78, 5) is 4.55. The molecule has 2 nitrogen and oxygen atoms in total. The van der Waals surface area contributed by atoms with Gasteiger partial charge < -0.3 is 4.42 Å². The highest BCUT2D eigenvalue weighted by atomic mass is 32.1. The zero-order valence-electron chi connectivity index (χ0n) is 17.5. The molecule has 3 heteroatoms. The van der Waals surface area contributed by atoms with Crippen LogP contribution in [0.2, 0.25) is 0 Å². The van der Waals surface area contributed by atoms with E-state index < -0.39 is 11.8 Å². The standard InChI is InChI=1S/C24H21NOS/c1-24(2,3)14-15-9-11-25-19(13-15)17-5-4-6-18-21-20(26-22(17)18)8-7-16-10-12-27-23(16)21/h4-13H,14H2,1-3H3/i14D2. The van der Waals surface area contributed by atoms with E-state index >= 15 is 0 Å². The lowest BCUT2D eigenvalue weighted by molar-refractivity contribution is 0.411. The molecular formula is C24H21NOS. The van der Waals surface area contributed by atoms with Gasteiger partial charge in [-0.3, -0.25) is 4.98 Å². The molecule has 0 fully saturated rings. The summed E-state index contributed by atoms with van der Waals surface area (Å²) in [6, 6.07) is 16.0. The Kier molecular flexibility index (Phi) is 3.17. The number of fused-ring (bicyclic) bond motifs is 5. The topological polar surface area (TPSA) is 26.0 Å². The number of nitrogens with zero attached hydrogens (tertiary/aromatic N) is 1. The third-order valence-corrected chi connectivity index (χ3v) is 5.58. The predicted molar refractivity (Wildman–Crippen MR) is 115 cm³/mol. The van der Waals surface area contributed by atoms with Gasteiger partial charge in [0.15, 0.2) is 0 Å². The fraction of sp³-hybridized carbons (Fsp3) is 0.208.